The maximum atomic E-state index is 9.14. The van der Waals surface area contributed by atoms with Crippen molar-refractivity contribution in [1.82, 2.24) is 9.55 Å². The summed E-state index contributed by atoms with van der Waals surface area (Å²) < 4.78 is 13.2. The Morgan fingerprint density at radius 3 is 2.47 bits per heavy atom. The lowest BCUT2D eigenvalue weighted by molar-refractivity contribution is -0.181. The van der Waals surface area contributed by atoms with E-state index in [9.17, 15) is 0 Å². The van der Waals surface area contributed by atoms with Gasteiger partial charge in [-0.2, -0.15) is 10.5 Å². The van der Waals surface area contributed by atoms with Crippen molar-refractivity contribution >= 4 is 0 Å². The van der Waals surface area contributed by atoms with E-state index in [-0.39, 0.29) is 11.7 Å². The summed E-state index contributed by atoms with van der Waals surface area (Å²) in [5.41, 5.74) is 0.563. The molecule has 98 valence electrons. The van der Waals surface area contributed by atoms with E-state index in [1.807, 2.05) is 10.6 Å². The Labute approximate surface area is 111 Å². The zero-order valence-electron chi connectivity index (χ0n) is 10.5. The molecule has 2 heterocycles. The normalized spacial score (nSPS) is 22.2. The van der Waals surface area contributed by atoms with Gasteiger partial charge in [-0.05, 0) is 12.8 Å². The second-order valence-corrected chi connectivity index (χ2v) is 4.91. The molecule has 0 radical (unpaired) electrons. The molecule has 1 aliphatic heterocycles. The molecule has 0 unspecified atom stereocenters. The van der Waals surface area contributed by atoms with Crippen LogP contribution in [0.15, 0.2) is 6.33 Å². The number of hydrogen-bond acceptors (Lipinski definition) is 5. The molecule has 19 heavy (non-hydrogen) atoms. The van der Waals surface area contributed by atoms with Crippen LogP contribution < -0.4 is 0 Å². The van der Waals surface area contributed by atoms with Crippen molar-refractivity contribution in [2.24, 2.45) is 0 Å². The fourth-order valence-electron chi connectivity index (χ4n) is 2.94. The summed E-state index contributed by atoms with van der Waals surface area (Å²) in [7, 11) is 0. The summed E-state index contributed by atoms with van der Waals surface area (Å²) in [6.07, 6.45) is 4.98. The van der Waals surface area contributed by atoms with Gasteiger partial charge in [-0.1, -0.05) is 0 Å². The second kappa shape index (κ2) is 4.65. The first-order valence-corrected chi connectivity index (χ1v) is 6.43. The molecule has 0 N–H and O–H groups in total. The summed E-state index contributed by atoms with van der Waals surface area (Å²) in [5.74, 6) is -0.401. The minimum absolute atomic E-state index is 0.197. The van der Waals surface area contributed by atoms with Gasteiger partial charge < -0.3 is 14.0 Å². The molecule has 1 spiro atoms. The zero-order chi connectivity index (χ0) is 13.3. The third-order valence-electron chi connectivity index (χ3n) is 3.93. The van der Waals surface area contributed by atoms with Gasteiger partial charge in [0.05, 0.1) is 19.5 Å². The van der Waals surface area contributed by atoms with Gasteiger partial charge in [0.25, 0.3) is 0 Å². The number of rotatable bonds is 1. The van der Waals surface area contributed by atoms with Crippen LogP contribution in [0.5, 0.6) is 0 Å². The van der Waals surface area contributed by atoms with Crippen LogP contribution in [0.1, 0.15) is 43.1 Å². The van der Waals surface area contributed by atoms with Crippen LogP contribution in [0, 0.1) is 22.7 Å². The molecule has 2 aliphatic rings. The third kappa shape index (κ3) is 1.99. The molecule has 6 heteroatoms. The number of aromatic nitrogens is 2. The van der Waals surface area contributed by atoms with Crippen LogP contribution in [-0.4, -0.2) is 28.6 Å². The molecule has 0 atom stereocenters. The fourth-order valence-corrected chi connectivity index (χ4v) is 2.94. The molecule has 3 rings (SSSR count). The number of ether oxygens (including phenoxy) is 2. The van der Waals surface area contributed by atoms with E-state index in [2.05, 4.69) is 11.1 Å². The first-order chi connectivity index (χ1) is 9.28. The van der Waals surface area contributed by atoms with E-state index in [4.69, 9.17) is 20.0 Å². The van der Waals surface area contributed by atoms with Crippen LogP contribution >= 0.6 is 0 Å². The smallest absolute Gasteiger partial charge is 0.176 e. The summed E-state index contributed by atoms with van der Waals surface area (Å²) >= 11 is 0. The topological polar surface area (TPSA) is 83.9 Å². The Bertz CT molecular complexity index is 550. The molecule has 1 aromatic heterocycles. The first-order valence-electron chi connectivity index (χ1n) is 6.43. The van der Waals surface area contributed by atoms with Gasteiger partial charge in [-0.3, -0.25) is 0 Å². The summed E-state index contributed by atoms with van der Waals surface area (Å²) in [6.45, 7) is 1.33. The zero-order valence-corrected chi connectivity index (χ0v) is 10.5. The van der Waals surface area contributed by atoms with Crippen molar-refractivity contribution in [2.45, 2.75) is 37.5 Å². The van der Waals surface area contributed by atoms with Crippen molar-refractivity contribution < 1.29 is 9.47 Å². The highest BCUT2D eigenvalue weighted by Crippen LogP contribution is 2.40. The molecular weight excluding hydrogens is 244 g/mol. The van der Waals surface area contributed by atoms with Gasteiger partial charge in [0.15, 0.2) is 17.2 Å². The Balaban J connectivity index is 1.77. The summed E-state index contributed by atoms with van der Waals surface area (Å²) in [4.78, 5) is 3.99. The Morgan fingerprint density at radius 1 is 1.21 bits per heavy atom. The molecule has 2 fully saturated rings. The van der Waals surface area contributed by atoms with Crippen LogP contribution in [0.3, 0.4) is 0 Å². The van der Waals surface area contributed by atoms with Crippen molar-refractivity contribution in [1.29, 1.82) is 10.5 Å². The number of imidazole rings is 1. The van der Waals surface area contributed by atoms with E-state index in [1.165, 1.54) is 0 Å². The molecule has 1 aliphatic carbocycles. The first kappa shape index (κ1) is 12.2. The highest BCUT2D eigenvalue weighted by Gasteiger charge is 2.41. The predicted octanol–water partition coefficient (Wildman–Crippen LogP) is 1.48. The van der Waals surface area contributed by atoms with Gasteiger partial charge in [-0.25, -0.2) is 4.98 Å². The number of hydrogen-bond donors (Lipinski definition) is 0. The highest BCUT2D eigenvalue weighted by molar-refractivity contribution is 5.36. The molecule has 0 amide bonds. The average Bonchev–Trinajstić information content (AvgIpc) is 3.06. The van der Waals surface area contributed by atoms with Gasteiger partial charge >= 0.3 is 0 Å². The molecule has 1 saturated carbocycles. The molecule has 6 nitrogen and oxygen atoms in total. The van der Waals surface area contributed by atoms with Crippen molar-refractivity contribution in [3.05, 3.63) is 17.7 Å². The van der Waals surface area contributed by atoms with Crippen LogP contribution in [0.2, 0.25) is 0 Å². The standard InChI is InChI=1S/C13H14N4O2/c14-7-11-12(8-15)17(9-16-11)10-1-3-13(4-2-10)18-5-6-19-13/h9-10H,1-6H2. The monoisotopic (exact) mass is 258 g/mol. The molecule has 1 aromatic rings. The molecule has 0 bridgehead atoms. The lowest BCUT2D eigenvalue weighted by atomic mass is 9.89. The number of nitrogens with zero attached hydrogens (tertiary/aromatic N) is 4. The van der Waals surface area contributed by atoms with E-state index < -0.39 is 5.79 Å². The largest absolute Gasteiger partial charge is 0.348 e. The molecule has 1 saturated heterocycles. The van der Waals surface area contributed by atoms with Crippen molar-refractivity contribution in [3.63, 3.8) is 0 Å². The van der Waals surface area contributed by atoms with Gasteiger partial charge in [-0.15, -0.1) is 0 Å². The van der Waals surface area contributed by atoms with Gasteiger partial charge in [0.1, 0.15) is 12.1 Å². The quantitative estimate of drug-likeness (QED) is 0.761. The maximum Gasteiger partial charge on any atom is 0.176 e. The van der Waals surface area contributed by atoms with Crippen LogP contribution in [-0.2, 0) is 9.47 Å². The van der Waals surface area contributed by atoms with Gasteiger partial charge in [0.2, 0.25) is 0 Å². The SMILES string of the molecule is N#Cc1ncn(C2CCC3(CC2)OCCO3)c1C#N. The number of nitriles is 2. The Kier molecular flexibility index (Phi) is 2.98. The fraction of sp³-hybridized carbons (Fsp3) is 0.615. The lowest BCUT2D eigenvalue weighted by Gasteiger charge is -2.35. The molecular formula is C13H14N4O2. The average molecular weight is 258 g/mol. The highest BCUT2D eigenvalue weighted by atomic mass is 16.7. The van der Waals surface area contributed by atoms with E-state index >= 15 is 0 Å². The van der Waals surface area contributed by atoms with E-state index in [1.54, 1.807) is 6.33 Å². The van der Waals surface area contributed by atoms with Crippen molar-refractivity contribution in [2.75, 3.05) is 13.2 Å². The Hall–Kier alpha value is -1.89. The van der Waals surface area contributed by atoms with Gasteiger partial charge in [0, 0.05) is 18.9 Å². The third-order valence-corrected chi connectivity index (χ3v) is 3.93. The summed E-state index contributed by atoms with van der Waals surface area (Å²) in [5, 5.41) is 18.1. The van der Waals surface area contributed by atoms with Crippen molar-refractivity contribution in [3.8, 4) is 12.1 Å². The summed E-state index contributed by atoms with van der Waals surface area (Å²) in [6, 6.07) is 4.22. The van der Waals surface area contributed by atoms with E-state index in [0.29, 0.717) is 18.9 Å². The minimum Gasteiger partial charge on any atom is -0.348 e. The predicted molar refractivity (Wildman–Crippen MR) is 63.8 cm³/mol. The second-order valence-electron chi connectivity index (χ2n) is 4.91. The Morgan fingerprint density at radius 2 is 1.89 bits per heavy atom. The molecule has 0 aromatic carbocycles. The van der Waals surface area contributed by atoms with Crippen LogP contribution in [0.25, 0.3) is 0 Å². The maximum absolute atomic E-state index is 9.14. The minimum atomic E-state index is -0.401. The van der Waals surface area contributed by atoms with Crippen LogP contribution in [0.4, 0.5) is 0 Å². The van der Waals surface area contributed by atoms with E-state index in [0.717, 1.165) is 25.7 Å². The lowest BCUT2D eigenvalue weighted by Crippen LogP contribution is -2.35.